The number of aromatic nitrogens is 4. The number of fused-ring (bicyclic) bond motifs is 1. The molecule has 0 radical (unpaired) electrons. The average molecular weight is 435 g/mol. The van der Waals surface area contributed by atoms with Gasteiger partial charge >= 0.3 is 0 Å². The molecule has 1 unspecified atom stereocenters. The lowest BCUT2D eigenvalue weighted by Gasteiger charge is -2.41. The highest BCUT2D eigenvalue weighted by Gasteiger charge is 2.41. The van der Waals surface area contributed by atoms with E-state index < -0.39 is 0 Å². The predicted octanol–water partition coefficient (Wildman–Crippen LogP) is 1.59. The molecule has 166 valence electrons. The molecule has 0 aliphatic carbocycles. The molecule has 32 heavy (non-hydrogen) atoms. The van der Waals surface area contributed by atoms with Crippen molar-refractivity contribution in [2.75, 3.05) is 31.1 Å². The van der Waals surface area contributed by atoms with Crippen molar-refractivity contribution in [3.8, 4) is 0 Å². The van der Waals surface area contributed by atoms with Crippen molar-refractivity contribution in [3.05, 3.63) is 36.2 Å². The summed E-state index contributed by atoms with van der Waals surface area (Å²) in [7, 11) is 0. The molecule has 0 bridgehead atoms. The van der Waals surface area contributed by atoms with E-state index in [2.05, 4.69) is 15.3 Å². The maximum atomic E-state index is 13.2. The number of hydrogen-bond donors (Lipinski definition) is 0. The minimum Gasteiger partial charge on any atom is -0.423 e. The summed E-state index contributed by atoms with van der Waals surface area (Å²) in [6.45, 7) is 3.29. The molecular formula is C22H25N7O3. The van der Waals surface area contributed by atoms with E-state index in [0.717, 1.165) is 49.1 Å². The quantitative estimate of drug-likeness (QED) is 0.600. The first-order chi connectivity index (χ1) is 15.7. The Labute approximate surface area is 184 Å². The largest absolute Gasteiger partial charge is 0.423 e. The zero-order valence-electron chi connectivity index (χ0n) is 17.8. The summed E-state index contributed by atoms with van der Waals surface area (Å²) in [4.78, 5) is 35.3. The third-order valence-corrected chi connectivity index (χ3v) is 6.70. The minimum atomic E-state index is -0.239. The van der Waals surface area contributed by atoms with Crippen LogP contribution in [0.1, 0.15) is 37.4 Å². The summed E-state index contributed by atoms with van der Waals surface area (Å²) < 4.78 is 7.74. The zero-order valence-corrected chi connectivity index (χ0v) is 17.8. The van der Waals surface area contributed by atoms with Gasteiger partial charge in [-0.25, -0.2) is 4.68 Å². The van der Waals surface area contributed by atoms with Crippen molar-refractivity contribution >= 4 is 28.9 Å². The fourth-order valence-electron chi connectivity index (χ4n) is 4.88. The standard InChI is InChI=1S/C22H25N7O3/c30-20-8-4-9-26(20)11-15-12-29(25-24-15)16-13-27(14-16)21(31)18-6-3-10-28(18)22-23-17-5-1-2-7-19(17)32-22/h1-2,5,7,12,16,18H,3-4,6,8-11,13-14H2. The molecule has 2 amide bonds. The molecule has 6 rings (SSSR count). The Morgan fingerprint density at radius 3 is 2.84 bits per heavy atom. The van der Waals surface area contributed by atoms with Crippen molar-refractivity contribution in [3.63, 3.8) is 0 Å². The minimum absolute atomic E-state index is 0.115. The van der Waals surface area contributed by atoms with Crippen LogP contribution < -0.4 is 4.90 Å². The third-order valence-electron chi connectivity index (χ3n) is 6.70. The summed E-state index contributed by atoms with van der Waals surface area (Å²) in [5.74, 6) is 0.295. The van der Waals surface area contributed by atoms with Gasteiger partial charge < -0.3 is 19.1 Å². The highest BCUT2D eigenvalue weighted by Crippen LogP contribution is 2.31. The van der Waals surface area contributed by atoms with E-state index in [4.69, 9.17) is 4.42 Å². The number of oxazole rings is 1. The van der Waals surface area contributed by atoms with Gasteiger partial charge in [-0.3, -0.25) is 9.59 Å². The Kier molecular flexibility index (Phi) is 4.58. The molecule has 3 aromatic rings. The molecule has 3 fully saturated rings. The molecule has 0 saturated carbocycles. The molecule has 3 aliphatic rings. The number of benzene rings is 1. The number of likely N-dealkylation sites (tertiary alicyclic amines) is 2. The summed E-state index contributed by atoms with van der Waals surface area (Å²) in [6, 6.07) is 8.07. The molecule has 10 heteroatoms. The van der Waals surface area contributed by atoms with Crippen LogP contribution in [-0.4, -0.2) is 73.8 Å². The molecule has 1 aromatic carbocycles. The number of carbonyl (C=O) groups is 2. The first-order valence-electron chi connectivity index (χ1n) is 11.3. The lowest BCUT2D eigenvalue weighted by molar-refractivity contribution is -0.138. The third kappa shape index (κ3) is 3.30. The normalized spacial score (nSPS) is 21.7. The highest BCUT2D eigenvalue weighted by atomic mass is 16.4. The van der Waals surface area contributed by atoms with Crippen LogP contribution in [0.4, 0.5) is 6.01 Å². The van der Waals surface area contributed by atoms with Crippen molar-refractivity contribution in [1.29, 1.82) is 0 Å². The lowest BCUT2D eigenvalue weighted by Crippen LogP contribution is -2.56. The Balaban J connectivity index is 1.09. The van der Waals surface area contributed by atoms with E-state index in [1.165, 1.54) is 0 Å². The number of amides is 2. The van der Waals surface area contributed by atoms with Crippen LogP contribution in [0, 0.1) is 0 Å². The number of para-hydroxylation sites is 2. The first-order valence-corrected chi connectivity index (χ1v) is 11.3. The monoisotopic (exact) mass is 435 g/mol. The molecule has 0 spiro atoms. The van der Waals surface area contributed by atoms with E-state index in [1.807, 2.05) is 49.8 Å². The molecule has 3 saturated heterocycles. The van der Waals surface area contributed by atoms with Crippen LogP contribution in [0.2, 0.25) is 0 Å². The highest BCUT2D eigenvalue weighted by molar-refractivity contribution is 5.86. The second-order valence-electron chi connectivity index (χ2n) is 8.82. The molecule has 5 heterocycles. The van der Waals surface area contributed by atoms with Gasteiger partial charge in [0.05, 0.1) is 18.8 Å². The lowest BCUT2D eigenvalue weighted by atomic mass is 10.1. The molecule has 3 aliphatic heterocycles. The van der Waals surface area contributed by atoms with Gasteiger partial charge in [-0.2, -0.15) is 4.98 Å². The Hall–Kier alpha value is -3.43. The van der Waals surface area contributed by atoms with Crippen molar-refractivity contribution in [2.24, 2.45) is 0 Å². The van der Waals surface area contributed by atoms with Gasteiger partial charge in [0, 0.05) is 32.6 Å². The van der Waals surface area contributed by atoms with Crippen molar-refractivity contribution < 1.29 is 14.0 Å². The fourth-order valence-corrected chi connectivity index (χ4v) is 4.88. The van der Waals surface area contributed by atoms with Gasteiger partial charge in [-0.05, 0) is 31.4 Å². The van der Waals surface area contributed by atoms with Crippen LogP contribution in [0.5, 0.6) is 0 Å². The van der Waals surface area contributed by atoms with Crippen LogP contribution in [0.3, 0.4) is 0 Å². The number of hydrogen-bond acceptors (Lipinski definition) is 7. The van der Waals surface area contributed by atoms with Gasteiger partial charge in [-0.1, -0.05) is 17.3 Å². The summed E-state index contributed by atoms with van der Waals surface area (Å²) in [6.07, 6.45) is 5.17. The molecule has 2 aromatic heterocycles. The van der Waals surface area contributed by atoms with Gasteiger partial charge in [0.15, 0.2) is 5.58 Å². The van der Waals surface area contributed by atoms with Crippen molar-refractivity contribution in [1.82, 2.24) is 29.8 Å². The van der Waals surface area contributed by atoms with E-state index >= 15 is 0 Å². The second kappa shape index (κ2) is 7.61. The van der Waals surface area contributed by atoms with Gasteiger partial charge in [0.25, 0.3) is 6.01 Å². The fraction of sp³-hybridized carbons (Fsp3) is 0.500. The summed E-state index contributed by atoms with van der Waals surface area (Å²) >= 11 is 0. The molecular weight excluding hydrogens is 410 g/mol. The number of carbonyl (C=O) groups excluding carboxylic acids is 2. The smallest absolute Gasteiger partial charge is 0.299 e. The van der Waals surface area contributed by atoms with Gasteiger partial charge in [0.2, 0.25) is 11.8 Å². The maximum Gasteiger partial charge on any atom is 0.299 e. The number of rotatable bonds is 5. The van der Waals surface area contributed by atoms with E-state index in [0.29, 0.717) is 32.1 Å². The van der Waals surface area contributed by atoms with Crippen LogP contribution in [-0.2, 0) is 16.1 Å². The Morgan fingerprint density at radius 1 is 1.16 bits per heavy atom. The summed E-state index contributed by atoms with van der Waals surface area (Å²) in [5.41, 5.74) is 2.34. The van der Waals surface area contributed by atoms with Crippen LogP contribution in [0.15, 0.2) is 34.9 Å². The zero-order chi connectivity index (χ0) is 21.7. The molecule has 0 N–H and O–H groups in total. The van der Waals surface area contributed by atoms with Crippen LogP contribution in [0.25, 0.3) is 11.1 Å². The summed E-state index contributed by atoms with van der Waals surface area (Å²) in [5, 5.41) is 8.46. The second-order valence-corrected chi connectivity index (χ2v) is 8.82. The first kappa shape index (κ1) is 19.3. The number of nitrogens with zero attached hydrogens (tertiary/aromatic N) is 7. The molecule has 1 atom stereocenters. The van der Waals surface area contributed by atoms with E-state index in [1.54, 1.807) is 0 Å². The van der Waals surface area contributed by atoms with Gasteiger partial charge in [0.1, 0.15) is 17.3 Å². The maximum absolute atomic E-state index is 13.2. The topological polar surface area (TPSA) is 101 Å². The SMILES string of the molecule is O=C1CCCN1Cc1cn(C2CN(C(=O)C3CCCN3c3nc4ccccc4o3)C2)nn1. The van der Waals surface area contributed by atoms with Crippen molar-refractivity contribution in [2.45, 2.75) is 44.3 Å². The average Bonchev–Trinajstić information content (AvgIpc) is 3.54. The van der Waals surface area contributed by atoms with Crippen LogP contribution >= 0.6 is 0 Å². The Bertz CT molecular complexity index is 1130. The van der Waals surface area contributed by atoms with Gasteiger partial charge in [-0.15, -0.1) is 5.10 Å². The van der Waals surface area contributed by atoms with E-state index in [-0.39, 0.29) is 23.9 Å². The Morgan fingerprint density at radius 2 is 2.03 bits per heavy atom. The number of anilines is 1. The van der Waals surface area contributed by atoms with E-state index in [9.17, 15) is 9.59 Å². The molecule has 10 nitrogen and oxygen atoms in total. The predicted molar refractivity (Wildman–Crippen MR) is 115 cm³/mol.